The summed E-state index contributed by atoms with van der Waals surface area (Å²) in [7, 11) is 4.68. The van der Waals surface area contributed by atoms with Crippen molar-refractivity contribution in [3.8, 4) is 40.7 Å². The van der Waals surface area contributed by atoms with E-state index >= 15 is 0 Å². The number of nitrogens with zero attached hydrogens (tertiary/aromatic N) is 2. The largest absolute Gasteiger partial charge is 0.497 e. The molecule has 1 aliphatic rings. The van der Waals surface area contributed by atoms with E-state index in [1.54, 1.807) is 50.6 Å². The van der Waals surface area contributed by atoms with Gasteiger partial charge in [-0.05, 0) is 54.8 Å². The number of pyridine rings is 1. The average Bonchev–Trinajstić information content (AvgIpc) is 3.33. The third-order valence-corrected chi connectivity index (χ3v) is 5.39. The lowest BCUT2D eigenvalue weighted by Crippen LogP contribution is -2.26. The Labute approximate surface area is 233 Å². The van der Waals surface area contributed by atoms with Gasteiger partial charge in [-0.1, -0.05) is 38.0 Å². The number of carbonyl (C=O) groups is 3. The highest BCUT2D eigenvalue weighted by molar-refractivity contribution is 6.05. The number of hydrogen-bond acceptors (Lipinski definition) is 7. The van der Waals surface area contributed by atoms with E-state index in [9.17, 15) is 14.4 Å². The molecule has 0 spiro atoms. The Hall–Kier alpha value is -5.35. The van der Waals surface area contributed by atoms with E-state index in [1.165, 1.54) is 7.11 Å². The molecule has 0 radical (unpaired) electrons. The van der Waals surface area contributed by atoms with E-state index in [0.29, 0.717) is 34.0 Å². The number of nitrogens with one attached hydrogen (secondary N) is 3. The molecule has 2 heterocycles. The Balaban J connectivity index is 0.000000315. The van der Waals surface area contributed by atoms with E-state index in [4.69, 9.17) is 14.7 Å². The van der Waals surface area contributed by atoms with Crippen molar-refractivity contribution in [2.75, 3.05) is 21.3 Å². The van der Waals surface area contributed by atoms with Crippen molar-refractivity contribution in [2.24, 2.45) is 0 Å². The van der Waals surface area contributed by atoms with Crippen LogP contribution in [0.2, 0.25) is 0 Å². The summed E-state index contributed by atoms with van der Waals surface area (Å²) in [5, 5.41) is 16.1. The van der Waals surface area contributed by atoms with Crippen LogP contribution in [0.3, 0.4) is 0 Å². The first-order valence-corrected chi connectivity index (χ1v) is 12.3. The van der Waals surface area contributed by atoms with E-state index in [0.717, 1.165) is 11.1 Å². The maximum atomic E-state index is 11.5. The van der Waals surface area contributed by atoms with Crippen LogP contribution in [-0.2, 0) is 4.79 Å². The van der Waals surface area contributed by atoms with Gasteiger partial charge in [0.25, 0.3) is 11.8 Å². The molecule has 2 aromatic carbocycles. The number of ether oxygens (including phenoxy) is 2. The molecule has 1 aromatic heterocycles. The number of hydrogen-bond donors (Lipinski definition) is 3. The first kappa shape index (κ1) is 30.9. The Morgan fingerprint density at radius 2 is 1.80 bits per heavy atom. The van der Waals surface area contributed by atoms with Gasteiger partial charge in [-0.25, -0.2) is 9.78 Å². The van der Waals surface area contributed by atoms with Gasteiger partial charge in [-0.2, -0.15) is 5.26 Å². The second-order valence-electron chi connectivity index (χ2n) is 7.87. The molecular formula is C30H31N5O5. The quantitative estimate of drug-likeness (QED) is 0.338. The van der Waals surface area contributed by atoms with Crippen LogP contribution in [0, 0.1) is 30.1 Å². The predicted molar refractivity (Wildman–Crippen MR) is 151 cm³/mol. The highest BCUT2D eigenvalue weighted by Crippen LogP contribution is 2.23. The molecule has 1 aliphatic heterocycles. The van der Waals surface area contributed by atoms with Gasteiger partial charge in [-0.15, -0.1) is 0 Å². The van der Waals surface area contributed by atoms with Crippen LogP contribution in [0.1, 0.15) is 41.0 Å². The molecular weight excluding hydrogens is 510 g/mol. The second-order valence-corrected chi connectivity index (χ2v) is 7.87. The fraction of sp³-hybridized carbons (Fsp3) is 0.233. The van der Waals surface area contributed by atoms with E-state index in [-0.39, 0.29) is 5.91 Å². The molecule has 1 saturated heterocycles. The Bertz CT molecular complexity index is 1480. The van der Waals surface area contributed by atoms with Crippen molar-refractivity contribution >= 4 is 17.8 Å². The van der Waals surface area contributed by atoms with Crippen molar-refractivity contribution < 1.29 is 23.9 Å². The zero-order chi connectivity index (χ0) is 29.7. The highest BCUT2D eigenvalue weighted by Gasteiger charge is 2.27. The number of urea groups is 1. The zero-order valence-corrected chi connectivity index (χ0v) is 23.2. The monoisotopic (exact) mass is 541 g/mol. The van der Waals surface area contributed by atoms with Crippen LogP contribution < -0.4 is 25.4 Å². The summed E-state index contributed by atoms with van der Waals surface area (Å²) in [5.41, 5.74) is 3.82. The van der Waals surface area contributed by atoms with Crippen molar-refractivity contribution in [3.05, 3.63) is 77.0 Å². The van der Waals surface area contributed by atoms with Gasteiger partial charge in [0.2, 0.25) is 0 Å². The lowest BCUT2D eigenvalue weighted by molar-refractivity contribution is -0.119. The fourth-order valence-corrected chi connectivity index (χ4v) is 3.38. The molecule has 4 rings (SSSR count). The number of aryl methyl sites for hydroxylation is 1. The Kier molecular flexibility index (Phi) is 11.7. The number of rotatable bonds is 4. The minimum Gasteiger partial charge on any atom is -0.497 e. The molecule has 4 amide bonds. The number of aromatic nitrogens is 1. The number of nitriles is 1. The van der Waals surface area contributed by atoms with Crippen molar-refractivity contribution in [2.45, 2.75) is 26.8 Å². The van der Waals surface area contributed by atoms with Gasteiger partial charge >= 0.3 is 6.03 Å². The molecule has 0 bridgehead atoms. The highest BCUT2D eigenvalue weighted by atomic mass is 16.5. The minimum absolute atomic E-state index is 0.0867. The van der Waals surface area contributed by atoms with Crippen LogP contribution >= 0.6 is 0 Å². The summed E-state index contributed by atoms with van der Waals surface area (Å²) >= 11 is 0. The lowest BCUT2D eigenvalue weighted by Gasteiger charge is -2.06. The van der Waals surface area contributed by atoms with E-state index in [1.807, 2.05) is 39.0 Å². The van der Waals surface area contributed by atoms with Gasteiger partial charge in [-0.3, -0.25) is 14.9 Å². The first-order chi connectivity index (χ1) is 19.3. The number of imide groups is 1. The number of carbonyl (C=O) groups excluding carboxylic acids is 3. The number of benzene rings is 2. The summed E-state index contributed by atoms with van der Waals surface area (Å²) in [4.78, 5) is 38.4. The number of methoxy groups -OCH3 is 2. The molecule has 3 N–H and O–H groups in total. The maximum absolute atomic E-state index is 11.5. The van der Waals surface area contributed by atoms with Gasteiger partial charge in [0.15, 0.2) is 17.5 Å². The number of amides is 4. The van der Waals surface area contributed by atoms with Crippen molar-refractivity contribution in [3.63, 3.8) is 0 Å². The molecule has 206 valence electrons. The van der Waals surface area contributed by atoms with Gasteiger partial charge < -0.3 is 20.1 Å². The summed E-state index contributed by atoms with van der Waals surface area (Å²) in [5.74, 6) is 5.98. The zero-order valence-electron chi connectivity index (χ0n) is 23.2. The summed E-state index contributed by atoms with van der Waals surface area (Å²) < 4.78 is 10.3. The van der Waals surface area contributed by atoms with Crippen LogP contribution in [0.25, 0.3) is 11.3 Å². The molecule has 3 aromatic rings. The summed E-state index contributed by atoms with van der Waals surface area (Å²) in [6.45, 7) is 5.89. The third-order valence-electron chi connectivity index (χ3n) is 5.39. The van der Waals surface area contributed by atoms with Crippen LogP contribution in [-0.4, -0.2) is 50.1 Å². The Morgan fingerprint density at radius 1 is 1.05 bits per heavy atom. The molecule has 1 atom stereocenters. The van der Waals surface area contributed by atoms with Crippen molar-refractivity contribution in [1.82, 2.24) is 20.9 Å². The standard InChI is InChI=1S/C18H12N4O3.C10H13NO2.C2H6/c1-25-16-8-7-13(12-4-2-3-11(9-12)10-19)20-14(16)5-6-15-17(23)22-18(24)21-15;1-7-4-5-8(13-3)6-9(7)10(12)11-2;1-2/h2-4,7-9,15H,1H3,(H2,21,22,23,24);4-6H,1-3H3,(H,11,12);1-2H3. The fourth-order valence-electron chi connectivity index (χ4n) is 3.38. The third kappa shape index (κ3) is 8.07. The van der Waals surface area contributed by atoms with Gasteiger partial charge in [0.1, 0.15) is 5.75 Å². The Morgan fingerprint density at radius 3 is 2.40 bits per heavy atom. The van der Waals surface area contributed by atoms with Crippen LogP contribution in [0.5, 0.6) is 11.5 Å². The molecule has 0 saturated carbocycles. The maximum Gasteiger partial charge on any atom is 0.322 e. The topological polar surface area (TPSA) is 142 Å². The molecule has 10 nitrogen and oxygen atoms in total. The molecule has 40 heavy (non-hydrogen) atoms. The summed E-state index contributed by atoms with van der Waals surface area (Å²) in [6, 6.07) is 16.5. The molecule has 1 fully saturated rings. The van der Waals surface area contributed by atoms with Crippen LogP contribution in [0.4, 0.5) is 4.79 Å². The SMILES string of the molecule is CC.CNC(=O)c1cc(OC)ccc1C.COc1ccc(-c2cccc(C#N)c2)nc1C#CC1NC(=O)NC1=O. The van der Waals surface area contributed by atoms with Gasteiger partial charge in [0, 0.05) is 18.2 Å². The van der Waals surface area contributed by atoms with E-state index < -0.39 is 18.0 Å². The molecule has 1 unspecified atom stereocenters. The van der Waals surface area contributed by atoms with Gasteiger partial charge in [0.05, 0.1) is 31.5 Å². The summed E-state index contributed by atoms with van der Waals surface area (Å²) in [6.07, 6.45) is 0. The first-order valence-electron chi connectivity index (χ1n) is 12.3. The molecule has 0 aliphatic carbocycles. The van der Waals surface area contributed by atoms with Crippen molar-refractivity contribution in [1.29, 1.82) is 5.26 Å². The average molecular weight is 542 g/mol. The van der Waals surface area contributed by atoms with E-state index in [2.05, 4.69) is 38.8 Å². The van der Waals surface area contributed by atoms with Crippen LogP contribution in [0.15, 0.2) is 54.6 Å². The normalized spacial score (nSPS) is 12.9. The molecule has 10 heteroatoms. The smallest absolute Gasteiger partial charge is 0.322 e. The second kappa shape index (κ2) is 15.2. The minimum atomic E-state index is -0.926. The predicted octanol–water partition coefficient (Wildman–Crippen LogP) is 3.58. The lowest BCUT2D eigenvalue weighted by atomic mass is 10.1.